The van der Waals surface area contributed by atoms with Crippen LogP contribution in [0.15, 0.2) is 52.6 Å². The van der Waals surface area contributed by atoms with Gasteiger partial charge in [-0.2, -0.15) is 0 Å². The van der Waals surface area contributed by atoms with Crippen LogP contribution in [-0.4, -0.2) is 107 Å². The second-order valence-corrected chi connectivity index (χ2v) is 14.5. The Labute approximate surface area is 315 Å². The molecule has 54 heavy (non-hydrogen) atoms. The third-order valence-corrected chi connectivity index (χ3v) is 10.2. The number of ether oxygens (including phenoxy) is 2. The van der Waals surface area contributed by atoms with Gasteiger partial charge in [0.25, 0.3) is 0 Å². The Morgan fingerprint density at radius 3 is 2.04 bits per heavy atom. The van der Waals surface area contributed by atoms with Gasteiger partial charge in [0.05, 0.1) is 44.7 Å². The fourth-order valence-corrected chi connectivity index (χ4v) is 7.27. The van der Waals surface area contributed by atoms with E-state index in [0.29, 0.717) is 37.0 Å². The Morgan fingerprint density at radius 2 is 1.41 bits per heavy atom. The highest BCUT2D eigenvalue weighted by Gasteiger charge is 2.39. The summed E-state index contributed by atoms with van der Waals surface area (Å²) >= 11 is 0. The zero-order valence-corrected chi connectivity index (χ0v) is 31.6. The highest BCUT2D eigenvalue weighted by Crippen LogP contribution is 2.33. The maximum atomic E-state index is 13.5. The van der Waals surface area contributed by atoms with Gasteiger partial charge < -0.3 is 34.9 Å². The highest BCUT2D eigenvalue weighted by atomic mass is 16.5. The topological polar surface area (TPSA) is 171 Å². The molecular formula is C40H48N8O6. The predicted octanol–water partition coefficient (Wildman–Crippen LogP) is 4.85. The number of hydrogen-bond acceptors (Lipinski definition) is 9. The van der Waals surface area contributed by atoms with E-state index in [1.165, 1.54) is 14.2 Å². The molecule has 3 aliphatic rings. The SMILES string of the molecule is COC(=O)N[C@H](C(=O)N1CCC[C@H]1C1=NCC(C#Cc2ccc3cc(-c4cnc([C@@H]5CCCN5C(=O)[C@@H](NC(=O)OC)C(C)C)[nH]4)ccc3c2)=N1)C(C)C. The molecule has 6 rings (SSSR count). The molecule has 284 valence electrons. The van der Waals surface area contributed by atoms with Gasteiger partial charge in [0, 0.05) is 24.2 Å². The van der Waals surface area contributed by atoms with Gasteiger partial charge in [0.2, 0.25) is 11.8 Å². The molecule has 0 spiro atoms. The lowest BCUT2D eigenvalue weighted by Crippen LogP contribution is -2.53. The molecule has 4 atom stereocenters. The number of aromatic amines is 1. The van der Waals surface area contributed by atoms with E-state index in [-0.39, 0.29) is 35.7 Å². The number of carbonyl (C=O) groups is 4. The number of carbonyl (C=O) groups excluding carboxylic acids is 4. The van der Waals surface area contributed by atoms with Gasteiger partial charge >= 0.3 is 12.2 Å². The Morgan fingerprint density at radius 1 is 0.815 bits per heavy atom. The minimum atomic E-state index is -0.703. The molecule has 4 heterocycles. The van der Waals surface area contributed by atoms with Crippen molar-refractivity contribution in [3.63, 3.8) is 0 Å². The number of H-pyrrole nitrogens is 1. The lowest BCUT2D eigenvalue weighted by molar-refractivity contribution is -0.135. The monoisotopic (exact) mass is 736 g/mol. The molecule has 0 saturated carbocycles. The number of aromatic nitrogens is 2. The fourth-order valence-electron chi connectivity index (χ4n) is 7.27. The van der Waals surface area contributed by atoms with Crippen LogP contribution < -0.4 is 10.6 Å². The number of amides is 4. The number of rotatable bonds is 9. The number of nitrogens with one attached hydrogen (secondary N) is 3. The number of nitrogens with zero attached hydrogens (tertiary/aromatic N) is 5. The van der Waals surface area contributed by atoms with Gasteiger partial charge in [-0.25, -0.2) is 19.6 Å². The first kappa shape index (κ1) is 38.0. The van der Waals surface area contributed by atoms with Crippen LogP contribution >= 0.6 is 0 Å². The van der Waals surface area contributed by atoms with Crippen LogP contribution in [0.5, 0.6) is 0 Å². The summed E-state index contributed by atoms with van der Waals surface area (Å²) < 4.78 is 9.49. The normalized spacial score (nSPS) is 19.3. The molecule has 2 aromatic carbocycles. The number of likely N-dealkylation sites (tertiary alicyclic amines) is 2. The molecule has 3 aromatic rings. The Kier molecular flexibility index (Phi) is 11.6. The summed E-state index contributed by atoms with van der Waals surface area (Å²) in [5.74, 6) is 7.19. The summed E-state index contributed by atoms with van der Waals surface area (Å²) in [7, 11) is 2.57. The van der Waals surface area contributed by atoms with Crippen molar-refractivity contribution in [1.82, 2.24) is 30.4 Å². The van der Waals surface area contributed by atoms with Crippen molar-refractivity contribution in [3.05, 3.63) is 54.0 Å². The molecule has 2 saturated heterocycles. The van der Waals surface area contributed by atoms with Crippen molar-refractivity contribution in [2.24, 2.45) is 21.8 Å². The van der Waals surface area contributed by atoms with Crippen molar-refractivity contribution in [2.75, 3.05) is 33.9 Å². The van der Waals surface area contributed by atoms with Crippen LogP contribution in [0, 0.1) is 23.7 Å². The molecule has 14 nitrogen and oxygen atoms in total. The second kappa shape index (κ2) is 16.5. The summed E-state index contributed by atoms with van der Waals surface area (Å²) in [5, 5.41) is 7.43. The largest absolute Gasteiger partial charge is 0.453 e. The number of fused-ring (bicyclic) bond motifs is 1. The molecule has 3 aliphatic heterocycles. The minimum absolute atomic E-state index is 0.109. The van der Waals surface area contributed by atoms with Gasteiger partial charge in [0.1, 0.15) is 29.5 Å². The number of imidazole rings is 1. The third kappa shape index (κ3) is 8.25. The zero-order chi connectivity index (χ0) is 38.5. The van der Waals surface area contributed by atoms with E-state index in [4.69, 9.17) is 14.5 Å². The molecular weight excluding hydrogens is 688 g/mol. The standard InChI is InChI=1S/C40H48N8O6/c1-23(2)33(45-39(51)53-5)37(49)47-17-7-9-31(47)35-41-21-29(43-35)16-12-25-11-13-27-20-28(15-14-26(27)19-25)30-22-42-36(44-30)32-10-8-18-48(32)38(50)34(24(3)4)46-40(52)54-6/h11,13-15,19-20,22-24,31-34H,7-10,17-18,21H2,1-6H3,(H,42,44)(H,45,51)(H,46,52)/t31-,32-,33-,34-/m0/s1. The molecule has 0 bridgehead atoms. The van der Waals surface area contributed by atoms with Crippen LogP contribution in [0.2, 0.25) is 0 Å². The van der Waals surface area contributed by atoms with Gasteiger partial charge in [-0.05, 0) is 72.4 Å². The number of amidine groups is 1. The summed E-state index contributed by atoms with van der Waals surface area (Å²) in [5.41, 5.74) is 3.30. The van der Waals surface area contributed by atoms with Crippen molar-refractivity contribution < 1.29 is 28.7 Å². The molecule has 1 aromatic heterocycles. The van der Waals surface area contributed by atoms with Crippen LogP contribution in [0.4, 0.5) is 9.59 Å². The number of benzene rings is 2. The number of hydrogen-bond donors (Lipinski definition) is 3. The Bertz CT molecular complexity index is 2040. The lowest BCUT2D eigenvalue weighted by atomic mass is 10.0. The third-order valence-electron chi connectivity index (χ3n) is 10.2. The Hall–Kier alpha value is -5.71. The van der Waals surface area contributed by atoms with E-state index >= 15 is 0 Å². The lowest BCUT2D eigenvalue weighted by Gasteiger charge is -2.30. The van der Waals surface area contributed by atoms with E-state index in [9.17, 15) is 19.2 Å². The predicted molar refractivity (Wildman–Crippen MR) is 205 cm³/mol. The summed E-state index contributed by atoms with van der Waals surface area (Å²) in [6.45, 7) is 9.08. The zero-order valence-electron chi connectivity index (χ0n) is 31.6. The van der Waals surface area contributed by atoms with Crippen LogP contribution in [0.1, 0.15) is 70.8 Å². The van der Waals surface area contributed by atoms with Gasteiger partial charge in [-0.1, -0.05) is 51.8 Å². The van der Waals surface area contributed by atoms with Gasteiger partial charge in [0.15, 0.2) is 0 Å². The van der Waals surface area contributed by atoms with Crippen LogP contribution in [0.3, 0.4) is 0 Å². The second-order valence-electron chi connectivity index (χ2n) is 14.5. The molecule has 2 fully saturated rings. The van der Waals surface area contributed by atoms with Crippen molar-refractivity contribution >= 4 is 46.3 Å². The number of aliphatic imine (C=N–C) groups is 2. The first-order valence-corrected chi connectivity index (χ1v) is 18.5. The quantitative estimate of drug-likeness (QED) is 0.264. The summed E-state index contributed by atoms with van der Waals surface area (Å²) in [6.07, 6.45) is 3.72. The maximum Gasteiger partial charge on any atom is 0.407 e. The average molecular weight is 737 g/mol. The first-order valence-electron chi connectivity index (χ1n) is 18.5. The van der Waals surface area contributed by atoms with Crippen molar-refractivity contribution in [3.8, 4) is 23.1 Å². The highest BCUT2D eigenvalue weighted by molar-refractivity contribution is 6.14. The maximum absolute atomic E-state index is 13.5. The van der Waals surface area contributed by atoms with Gasteiger partial charge in [-0.3, -0.25) is 14.6 Å². The Balaban J connectivity index is 1.12. The molecule has 0 unspecified atom stereocenters. The molecule has 3 N–H and O–H groups in total. The van der Waals surface area contributed by atoms with E-state index in [1.54, 1.807) is 16.0 Å². The summed E-state index contributed by atoms with van der Waals surface area (Å²) in [6, 6.07) is 10.3. The molecule has 14 heteroatoms. The smallest absolute Gasteiger partial charge is 0.407 e. The van der Waals surface area contributed by atoms with E-state index < -0.39 is 24.3 Å². The van der Waals surface area contributed by atoms with E-state index in [2.05, 4.69) is 43.5 Å². The van der Waals surface area contributed by atoms with Crippen LogP contribution in [0.25, 0.3) is 22.0 Å². The first-order chi connectivity index (χ1) is 26.0. The van der Waals surface area contributed by atoms with Crippen molar-refractivity contribution in [1.29, 1.82) is 0 Å². The average Bonchev–Trinajstić information content (AvgIpc) is 4.00. The van der Waals surface area contributed by atoms with E-state index in [1.807, 2.05) is 58.0 Å². The van der Waals surface area contributed by atoms with E-state index in [0.717, 1.165) is 53.3 Å². The summed E-state index contributed by atoms with van der Waals surface area (Å²) in [4.78, 5) is 71.9. The van der Waals surface area contributed by atoms with Crippen molar-refractivity contribution in [2.45, 2.75) is 77.5 Å². The van der Waals surface area contributed by atoms with Gasteiger partial charge in [-0.15, -0.1) is 0 Å². The minimum Gasteiger partial charge on any atom is -0.453 e. The number of alkyl carbamates (subject to hydrolysis) is 2. The molecule has 4 amide bonds. The number of methoxy groups -OCH3 is 2. The molecule has 0 radical (unpaired) electrons. The fraction of sp³-hybridized carbons (Fsp3) is 0.475. The van der Waals surface area contributed by atoms with Crippen LogP contribution in [-0.2, 0) is 19.1 Å². The molecule has 0 aliphatic carbocycles.